The van der Waals surface area contributed by atoms with Gasteiger partial charge in [0.2, 0.25) is 0 Å². The van der Waals surface area contributed by atoms with Gasteiger partial charge in [-0.2, -0.15) is 0 Å². The summed E-state index contributed by atoms with van der Waals surface area (Å²) in [4.78, 5) is 0. The van der Waals surface area contributed by atoms with Crippen LogP contribution in [0.3, 0.4) is 0 Å². The zero-order chi connectivity index (χ0) is 11.4. The van der Waals surface area contributed by atoms with Crippen LogP contribution in [0.2, 0.25) is 0 Å². The quantitative estimate of drug-likeness (QED) is 0.621. The summed E-state index contributed by atoms with van der Waals surface area (Å²) in [6.45, 7) is 0. The first-order valence-electron chi connectivity index (χ1n) is 5.35. The first-order valence-corrected chi connectivity index (χ1v) is 6.20. The monoisotopic (exact) mass is 246 g/mol. The van der Waals surface area contributed by atoms with Gasteiger partial charge >= 0.3 is 0 Å². The van der Waals surface area contributed by atoms with Gasteiger partial charge in [-0.05, 0) is 18.4 Å². The van der Waals surface area contributed by atoms with Crippen LogP contribution in [-0.4, -0.2) is 4.20 Å². The van der Waals surface area contributed by atoms with Gasteiger partial charge in [0, 0.05) is 5.41 Å². The minimum Gasteiger partial charge on any atom is -0.135 e. The highest BCUT2D eigenvalue weighted by atomic mass is 32.1. The molecule has 1 aliphatic rings. The zero-order valence-electron chi connectivity index (χ0n) is 8.97. The van der Waals surface area contributed by atoms with Crippen molar-refractivity contribution in [1.29, 1.82) is 0 Å². The smallest absolute Gasteiger partial charge is 0.0554 e. The van der Waals surface area contributed by atoms with Gasteiger partial charge in [-0.3, -0.25) is 0 Å². The lowest BCUT2D eigenvalue weighted by Crippen LogP contribution is -2.27. The Kier molecular flexibility index (Phi) is 3.62. The van der Waals surface area contributed by atoms with Crippen LogP contribution in [0.4, 0.5) is 0 Å². The van der Waals surface area contributed by atoms with Gasteiger partial charge in [0.05, 0.1) is 4.20 Å². The molecule has 0 aliphatic heterocycles. The normalized spacial score (nSPS) is 23.3. The van der Waals surface area contributed by atoms with E-state index < -0.39 is 0 Å². The molecule has 2 rings (SSSR count). The third-order valence-electron chi connectivity index (χ3n) is 2.93. The second-order valence-electron chi connectivity index (χ2n) is 4.12. The number of benzene rings is 1. The van der Waals surface area contributed by atoms with E-state index in [0.29, 0.717) is 0 Å². The summed E-state index contributed by atoms with van der Waals surface area (Å²) in [5, 5.41) is 0. The maximum absolute atomic E-state index is 5.31. The minimum atomic E-state index is -0.0887. The molecule has 16 heavy (non-hydrogen) atoms. The van der Waals surface area contributed by atoms with Crippen LogP contribution in [0.1, 0.15) is 12.0 Å². The predicted octanol–water partition coefficient (Wildman–Crippen LogP) is 3.99. The van der Waals surface area contributed by atoms with Gasteiger partial charge < -0.3 is 0 Å². The molecule has 1 aromatic rings. The van der Waals surface area contributed by atoms with Crippen LogP contribution in [0, 0.1) is 5.41 Å². The van der Waals surface area contributed by atoms with Gasteiger partial charge in [-0.25, -0.2) is 0 Å². The Hall–Kier alpha value is -0.860. The fourth-order valence-corrected chi connectivity index (χ4v) is 2.46. The van der Waals surface area contributed by atoms with Gasteiger partial charge in [0.25, 0.3) is 0 Å². The van der Waals surface area contributed by atoms with E-state index in [0.717, 1.165) is 17.0 Å². The lowest BCUT2D eigenvalue weighted by Gasteiger charge is -2.30. The maximum Gasteiger partial charge on any atom is 0.0554 e. The van der Waals surface area contributed by atoms with Crippen molar-refractivity contribution in [2.45, 2.75) is 12.8 Å². The second-order valence-corrected chi connectivity index (χ2v) is 5.27. The number of allylic oxidation sites excluding steroid dienone is 4. The van der Waals surface area contributed by atoms with Crippen molar-refractivity contribution in [3.05, 3.63) is 60.2 Å². The molecule has 0 heterocycles. The molecule has 1 unspecified atom stereocenters. The van der Waals surface area contributed by atoms with Crippen LogP contribution in [0.15, 0.2) is 54.6 Å². The van der Waals surface area contributed by atoms with E-state index in [4.69, 9.17) is 12.2 Å². The van der Waals surface area contributed by atoms with Crippen molar-refractivity contribution in [2.75, 3.05) is 0 Å². The van der Waals surface area contributed by atoms with E-state index in [1.54, 1.807) is 0 Å². The van der Waals surface area contributed by atoms with Crippen molar-refractivity contribution in [1.82, 2.24) is 0 Å². The molecular weight excluding hydrogens is 232 g/mol. The Morgan fingerprint density at radius 3 is 2.56 bits per heavy atom. The van der Waals surface area contributed by atoms with Crippen LogP contribution in [-0.2, 0) is 6.42 Å². The third kappa shape index (κ3) is 2.45. The first kappa shape index (κ1) is 11.6. The lowest BCUT2D eigenvalue weighted by molar-refractivity contribution is 0.548. The lowest BCUT2D eigenvalue weighted by atomic mass is 9.78. The van der Waals surface area contributed by atoms with E-state index in [1.165, 1.54) is 5.56 Å². The molecule has 1 aromatic carbocycles. The van der Waals surface area contributed by atoms with E-state index in [-0.39, 0.29) is 5.41 Å². The van der Waals surface area contributed by atoms with Crippen LogP contribution >= 0.6 is 24.8 Å². The summed E-state index contributed by atoms with van der Waals surface area (Å²) >= 11 is 9.71. The molecule has 1 atom stereocenters. The first-order chi connectivity index (χ1) is 7.73. The summed E-state index contributed by atoms with van der Waals surface area (Å²) < 4.78 is 0.775. The van der Waals surface area contributed by atoms with Gasteiger partial charge in [-0.15, -0.1) is 12.6 Å². The molecule has 0 saturated carbocycles. The number of thiocarbonyl (C=S) groups is 1. The molecule has 0 spiro atoms. The van der Waals surface area contributed by atoms with E-state index >= 15 is 0 Å². The van der Waals surface area contributed by atoms with Crippen LogP contribution in [0.25, 0.3) is 0 Å². The molecule has 0 bridgehead atoms. The van der Waals surface area contributed by atoms with Crippen molar-refractivity contribution >= 4 is 29.0 Å². The van der Waals surface area contributed by atoms with Crippen molar-refractivity contribution in [2.24, 2.45) is 5.41 Å². The van der Waals surface area contributed by atoms with Crippen molar-refractivity contribution < 1.29 is 0 Å². The molecule has 0 nitrogen and oxygen atoms in total. The summed E-state index contributed by atoms with van der Waals surface area (Å²) in [5.41, 5.74) is 1.22. The molecule has 0 amide bonds. The highest BCUT2D eigenvalue weighted by Crippen LogP contribution is 2.35. The zero-order valence-corrected chi connectivity index (χ0v) is 10.7. The third-order valence-corrected chi connectivity index (χ3v) is 3.78. The Labute approximate surface area is 107 Å². The number of hydrogen-bond donors (Lipinski definition) is 1. The largest absolute Gasteiger partial charge is 0.135 e. The fraction of sp³-hybridized carbons (Fsp3) is 0.214. The summed E-state index contributed by atoms with van der Waals surface area (Å²) in [7, 11) is 0. The Morgan fingerprint density at radius 2 is 2.00 bits per heavy atom. The average Bonchev–Trinajstić information content (AvgIpc) is 2.31. The van der Waals surface area contributed by atoms with E-state index in [1.807, 2.05) is 6.07 Å². The second kappa shape index (κ2) is 4.98. The number of rotatable bonds is 3. The molecule has 0 fully saturated rings. The van der Waals surface area contributed by atoms with Crippen molar-refractivity contribution in [3.63, 3.8) is 0 Å². The molecule has 82 valence electrons. The van der Waals surface area contributed by atoms with Crippen LogP contribution in [0.5, 0.6) is 0 Å². The molecular formula is C14H14S2. The molecule has 0 aromatic heterocycles. The maximum atomic E-state index is 5.31. The standard InChI is InChI=1S/C14H14S2/c15-13(16)14(9-5-2-6-10-14)11-12-7-3-1-4-8-12/h1-9H,10-11H2,(H,15,16). The predicted molar refractivity (Wildman–Crippen MR) is 77.1 cm³/mol. The average molecular weight is 246 g/mol. The molecule has 0 saturated heterocycles. The molecule has 2 heteroatoms. The highest BCUT2D eigenvalue weighted by molar-refractivity contribution is 8.11. The molecule has 0 N–H and O–H groups in total. The summed E-state index contributed by atoms with van der Waals surface area (Å²) in [6.07, 6.45) is 10.3. The molecule has 0 radical (unpaired) electrons. The highest BCUT2D eigenvalue weighted by Gasteiger charge is 2.30. The Morgan fingerprint density at radius 1 is 1.25 bits per heavy atom. The van der Waals surface area contributed by atoms with Gasteiger partial charge in [-0.1, -0.05) is 66.9 Å². The topological polar surface area (TPSA) is 0 Å². The molecule has 1 aliphatic carbocycles. The fourth-order valence-electron chi connectivity index (χ4n) is 1.99. The Bertz CT molecular complexity index is 431. The minimum absolute atomic E-state index is 0.0887. The van der Waals surface area contributed by atoms with E-state index in [9.17, 15) is 0 Å². The summed E-state index contributed by atoms with van der Waals surface area (Å²) in [6, 6.07) is 10.4. The Balaban J connectivity index is 2.25. The van der Waals surface area contributed by atoms with Crippen molar-refractivity contribution in [3.8, 4) is 0 Å². The SMILES string of the molecule is S=C(S)C1(Cc2ccccc2)C=CC=CC1. The number of hydrogen-bond acceptors (Lipinski definition) is 1. The van der Waals surface area contributed by atoms with Gasteiger partial charge in [0.15, 0.2) is 0 Å². The summed E-state index contributed by atoms with van der Waals surface area (Å²) in [5.74, 6) is 0. The van der Waals surface area contributed by atoms with E-state index in [2.05, 4.69) is 61.2 Å². The number of thiol groups is 1. The van der Waals surface area contributed by atoms with Crippen LogP contribution < -0.4 is 0 Å². The van der Waals surface area contributed by atoms with Gasteiger partial charge in [0.1, 0.15) is 0 Å².